The Morgan fingerprint density at radius 3 is 0.464 bits per heavy atom. The molecule has 6 aromatic carbocycles. The molecule has 0 radical (unpaired) electrons. The molecule has 0 aromatic heterocycles. The summed E-state index contributed by atoms with van der Waals surface area (Å²) in [6, 6.07) is 29.6. The maximum atomic E-state index is 11.5. The maximum Gasteiger partial charge on any atom is 1.00 e. The summed E-state index contributed by atoms with van der Waals surface area (Å²) in [4.78, 5) is -3.26. The number of benzene rings is 6. The molecule has 0 saturated carbocycles. The smallest absolute Gasteiger partial charge is 0.744 e. The van der Waals surface area contributed by atoms with E-state index in [1.165, 1.54) is 72.8 Å². The van der Waals surface area contributed by atoms with Gasteiger partial charge in [-0.3, -0.25) is 0 Å². The summed E-state index contributed by atoms with van der Waals surface area (Å²) in [6.45, 7) is 0. The van der Waals surface area contributed by atoms with Gasteiger partial charge in [0.2, 0.25) is 0 Å². The first-order chi connectivity index (χ1) is 28.5. The predicted molar refractivity (Wildman–Crippen MR) is 229 cm³/mol. The normalized spacial score (nSPS) is 11.5. The van der Waals surface area contributed by atoms with E-state index in [1.807, 2.05) is 0 Å². The number of rotatable bonds is 12. The van der Waals surface area contributed by atoms with Gasteiger partial charge in [-0.2, -0.15) is 9.90 Å². The summed E-state index contributed by atoms with van der Waals surface area (Å²) in [5, 5.41) is 1.54. The van der Waals surface area contributed by atoms with Crippen LogP contribution in [0.4, 0.5) is 0 Å². The van der Waals surface area contributed by atoms with Crippen molar-refractivity contribution in [2.45, 2.75) is 29.4 Å². The topological polar surface area (TPSA) is 343 Å². The molecule has 1 atom stereocenters. The molecular formula is C36H27Na6O18P3S6. The zero-order valence-electron chi connectivity index (χ0n) is 37.3. The predicted octanol–water partition coefficient (Wildman–Crippen LogP) is -17.6. The third-order valence-corrected chi connectivity index (χ3v) is 17.9. The van der Waals surface area contributed by atoms with Crippen molar-refractivity contribution in [3.05, 3.63) is 146 Å². The van der Waals surface area contributed by atoms with E-state index in [4.69, 9.17) is 0 Å². The van der Waals surface area contributed by atoms with Crippen molar-refractivity contribution in [3.63, 3.8) is 0 Å². The van der Waals surface area contributed by atoms with E-state index < -0.39 is 106 Å². The molecule has 6 aromatic rings. The minimum absolute atomic E-state index is 0. The van der Waals surface area contributed by atoms with Crippen LogP contribution in [0.3, 0.4) is 0 Å². The van der Waals surface area contributed by atoms with Crippen LogP contribution in [0.1, 0.15) is 0 Å². The molecule has 336 valence electrons. The van der Waals surface area contributed by atoms with Crippen LogP contribution >= 0.6 is 25.7 Å². The fourth-order valence-corrected chi connectivity index (χ4v) is 14.0. The molecule has 0 saturated heterocycles. The van der Waals surface area contributed by atoms with Crippen LogP contribution in [0.5, 0.6) is 0 Å². The summed E-state index contributed by atoms with van der Waals surface area (Å²) in [7, 11) is -32.6. The third-order valence-electron chi connectivity index (χ3n) is 8.19. The Hall–Kier alpha value is 2.07. The molecule has 0 heterocycles. The Kier molecular flexibility index (Phi) is 33.7. The molecule has 0 fully saturated rings. The summed E-state index contributed by atoms with van der Waals surface area (Å²) in [5.41, 5.74) is 0. The van der Waals surface area contributed by atoms with Crippen molar-refractivity contribution < 1.29 is 255 Å². The van der Waals surface area contributed by atoms with Crippen molar-refractivity contribution in [3.8, 4) is 0 Å². The Balaban J connectivity index is -0.00000115. The summed E-state index contributed by atoms with van der Waals surface area (Å²) in [6.07, 6.45) is 0. The number of hydrogen-bond acceptors (Lipinski definition) is 18. The van der Waals surface area contributed by atoms with E-state index in [2.05, 4.69) is 0 Å². The van der Waals surface area contributed by atoms with Gasteiger partial charge >= 0.3 is 177 Å². The SMILES string of the molecule is O=S(=O)([O-])c1cccc(P(c2cccc(S(=O)(=O)[O-])c2)c2cccc(S(=O)(=O)[O-])c2)c1.O=S(=O)([O-])c1cccc(P(c2cccc(S(=O)(=O)[O-])c2)c2cccc(S(=O)(=O)[O-])c2)c1.P.[Na+].[Na+].[Na+].[Na+].[Na+].[Na+]. The Bertz CT molecular complexity index is 2830. The Morgan fingerprint density at radius 1 is 0.246 bits per heavy atom. The Morgan fingerprint density at radius 2 is 0.362 bits per heavy atom. The van der Waals surface area contributed by atoms with Crippen molar-refractivity contribution in [1.29, 1.82) is 0 Å². The first-order valence-corrected chi connectivity index (χ1v) is 27.6. The zero-order chi connectivity index (χ0) is 46.1. The molecule has 0 spiro atoms. The quantitative estimate of drug-likeness (QED) is 0.0624. The van der Waals surface area contributed by atoms with Crippen molar-refractivity contribution in [2.75, 3.05) is 0 Å². The molecular weight excluding hydrogens is 1140 g/mol. The summed E-state index contributed by atoms with van der Waals surface area (Å²) < 4.78 is 206. The molecule has 0 aliphatic heterocycles. The van der Waals surface area contributed by atoms with E-state index in [0.717, 1.165) is 72.8 Å². The van der Waals surface area contributed by atoms with Gasteiger partial charge in [0, 0.05) is 0 Å². The molecule has 0 amide bonds. The fraction of sp³-hybridized carbons (Fsp3) is 0. The van der Waals surface area contributed by atoms with Gasteiger partial charge in [-0.15, -0.1) is 0 Å². The van der Waals surface area contributed by atoms with Gasteiger partial charge in [0.05, 0.1) is 29.4 Å². The van der Waals surface area contributed by atoms with Crippen LogP contribution in [-0.4, -0.2) is 77.8 Å². The first-order valence-electron chi connectivity index (χ1n) is 16.5. The molecule has 0 bridgehead atoms. The maximum absolute atomic E-state index is 11.5. The van der Waals surface area contributed by atoms with Gasteiger partial charge in [0.1, 0.15) is 60.7 Å². The molecule has 0 aliphatic rings. The first kappa shape index (κ1) is 75.3. The average molecular weight is 1170 g/mol. The fourth-order valence-electron chi connectivity index (χ4n) is 5.56. The largest absolute Gasteiger partial charge is 1.00 e. The standard InChI is InChI=1S/2C18H15O9PS3.6Na.H3P/c2*19-29(20,21)16-7-1-4-13(10-16)28(14-5-2-8-17(11-14)30(22,23)24)15-6-3-9-18(12-15)31(25,26)27;;;;;;;/h2*1-12H,(H,19,20,21)(H,22,23,24)(H,25,26,27);;;;;;;1H3/q;;6*+1;/p-6. The van der Waals surface area contributed by atoms with E-state index in [0.29, 0.717) is 0 Å². The van der Waals surface area contributed by atoms with Gasteiger partial charge < -0.3 is 27.3 Å². The minimum atomic E-state index is -4.82. The summed E-state index contributed by atoms with van der Waals surface area (Å²) >= 11 is 0. The van der Waals surface area contributed by atoms with E-state index in [-0.39, 0.29) is 219 Å². The van der Waals surface area contributed by atoms with Gasteiger partial charge in [0.15, 0.2) is 0 Å². The molecule has 6 rings (SSSR count). The molecule has 0 N–H and O–H groups in total. The van der Waals surface area contributed by atoms with Crippen molar-refractivity contribution in [2.24, 2.45) is 0 Å². The minimum Gasteiger partial charge on any atom is -0.744 e. The number of hydrogen-bond donors (Lipinski definition) is 0. The molecule has 0 aliphatic carbocycles. The zero-order valence-corrected chi connectivity index (χ0v) is 57.4. The van der Waals surface area contributed by atoms with Gasteiger partial charge in [-0.1, -0.05) is 72.8 Å². The van der Waals surface area contributed by atoms with E-state index in [1.54, 1.807) is 0 Å². The van der Waals surface area contributed by atoms with Crippen LogP contribution < -0.4 is 209 Å². The second kappa shape index (κ2) is 30.9. The van der Waals surface area contributed by atoms with Crippen LogP contribution in [-0.2, 0) is 60.7 Å². The van der Waals surface area contributed by atoms with Gasteiger partial charge in [0.25, 0.3) is 0 Å². The second-order valence-electron chi connectivity index (χ2n) is 12.4. The monoisotopic (exact) mass is 1170 g/mol. The second-order valence-corrected chi connectivity index (χ2v) is 25.1. The van der Waals surface area contributed by atoms with Gasteiger partial charge in [-0.05, 0) is 120 Å². The molecule has 1 unspecified atom stereocenters. The van der Waals surface area contributed by atoms with E-state index in [9.17, 15) is 77.8 Å². The third kappa shape index (κ3) is 21.8. The molecule has 18 nitrogen and oxygen atoms in total. The van der Waals surface area contributed by atoms with E-state index >= 15 is 0 Å². The summed E-state index contributed by atoms with van der Waals surface area (Å²) in [5.74, 6) is 0. The van der Waals surface area contributed by atoms with Crippen molar-refractivity contribution in [1.82, 2.24) is 0 Å². The van der Waals surface area contributed by atoms with Crippen LogP contribution in [0.15, 0.2) is 175 Å². The van der Waals surface area contributed by atoms with Gasteiger partial charge in [-0.25, -0.2) is 50.5 Å². The van der Waals surface area contributed by atoms with Crippen LogP contribution in [0, 0.1) is 0 Å². The average Bonchev–Trinajstić information content (AvgIpc) is 3.17. The Labute approximate surface area is 539 Å². The van der Waals surface area contributed by atoms with Crippen LogP contribution in [0.2, 0.25) is 0 Å². The van der Waals surface area contributed by atoms with Crippen molar-refractivity contribution >= 4 is 118 Å². The molecule has 33 heteroatoms. The van der Waals surface area contributed by atoms with Crippen LogP contribution in [0.25, 0.3) is 0 Å². The molecule has 69 heavy (non-hydrogen) atoms.